The van der Waals surface area contributed by atoms with E-state index in [1.807, 2.05) is 14.1 Å². The van der Waals surface area contributed by atoms with Crippen molar-refractivity contribution < 1.29 is 4.74 Å². The molecule has 1 aromatic carbocycles. The van der Waals surface area contributed by atoms with Gasteiger partial charge in [-0.05, 0) is 42.2 Å². The van der Waals surface area contributed by atoms with Crippen molar-refractivity contribution in [2.24, 2.45) is 0 Å². The predicted octanol–water partition coefficient (Wildman–Crippen LogP) is 3.49. The first-order chi connectivity index (χ1) is 11.2. The molecular weight excluding hydrogens is 286 g/mol. The third-order valence-electron chi connectivity index (χ3n) is 4.22. The Morgan fingerprint density at radius 3 is 2.83 bits per heavy atom. The van der Waals surface area contributed by atoms with Crippen LogP contribution in [0.2, 0.25) is 0 Å². The van der Waals surface area contributed by atoms with Gasteiger partial charge in [0, 0.05) is 26.1 Å². The molecule has 3 rings (SSSR count). The molecule has 0 N–H and O–H groups in total. The molecule has 120 valence electrons. The predicted molar refractivity (Wildman–Crippen MR) is 94.1 cm³/mol. The average Bonchev–Trinajstić information content (AvgIpc) is 3.03. The van der Waals surface area contributed by atoms with Crippen LogP contribution in [0.1, 0.15) is 36.2 Å². The minimum atomic E-state index is 0.779. The average molecular weight is 309 g/mol. The molecule has 0 fully saturated rings. The lowest BCUT2D eigenvalue weighted by molar-refractivity contribution is 0.357. The van der Waals surface area contributed by atoms with Gasteiger partial charge in [0.1, 0.15) is 17.9 Å². The molecule has 4 heteroatoms. The highest BCUT2D eigenvalue weighted by molar-refractivity contribution is 5.86. The maximum absolute atomic E-state index is 5.63. The van der Waals surface area contributed by atoms with Crippen molar-refractivity contribution in [3.63, 3.8) is 0 Å². The first-order valence-electron chi connectivity index (χ1n) is 8.09. The molecule has 0 aliphatic carbocycles. The van der Waals surface area contributed by atoms with Gasteiger partial charge in [0.2, 0.25) is 0 Å². The standard InChI is InChI=1S/C19H23N3O/c1-5-15(13-7-8-17-14(11-13)9-10-23-17)18-16(6-2)20-12-21-19(18)22(3)4/h5,7-8,11-12H,6,9-10H2,1-4H3. The van der Waals surface area contributed by atoms with Crippen molar-refractivity contribution in [2.45, 2.75) is 26.7 Å². The number of hydrogen-bond donors (Lipinski definition) is 0. The summed E-state index contributed by atoms with van der Waals surface area (Å²) in [5.74, 6) is 1.97. The van der Waals surface area contributed by atoms with Gasteiger partial charge in [0.05, 0.1) is 12.3 Å². The molecule has 0 saturated carbocycles. The minimum absolute atomic E-state index is 0.779. The number of nitrogens with zero attached hydrogens (tertiary/aromatic N) is 3. The van der Waals surface area contributed by atoms with Crippen LogP contribution < -0.4 is 9.64 Å². The maximum Gasteiger partial charge on any atom is 0.139 e. The first kappa shape index (κ1) is 15.5. The van der Waals surface area contributed by atoms with Crippen LogP contribution in [0, 0.1) is 0 Å². The van der Waals surface area contributed by atoms with Crippen LogP contribution in [-0.4, -0.2) is 30.7 Å². The van der Waals surface area contributed by atoms with Crippen molar-refractivity contribution in [1.82, 2.24) is 9.97 Å². The molecule has 1 aromatic heterocycles. The second-order valence-corrected chi connectivity index (χ2v) is 5.89. The van der Waals surface area contributed by atoms with Gasteiger partial charge >= 0.3 is 0 Å². The zero-order chi connectivity index (χ0) is 16.4. The number of aromatic nitrogens is 2. The number of anilines is 1. The molecule has 4 nitrogen and oxygen atoms in total. The molecule has 0 atom stereocenters. The highest BCUT2D eigenvalue weighted by atomic mass is 16.5. The van der Waals surface area contributed by atoms with Gasteiger partial charge in [0.25, 0.3) is 0 Å². The minimum Gasteiger partial charge on any atom is -0.493 e. The molecule has 23 heavy (non-hydrogen) atoms. The Morgan fingerprint density at radius 2 is 2.13 bits per heavy atom. The third kappa shape index (κ3) is 2.81. The van der Waals surface area contributed by atoms with E-state index in [1.165, 1.54) is 16.7 Å². The fourth-order valence-corrected chi connectivity index (χ4v) is 3.10. The van der Waals surface area contributed by atoms with E-state index in [-0.39, 0.29) is 0 Å². The van der Waals surface area contributed by atoms with Crippen LogP contribution in [-0.2, 0) is 12.8 Å². The number of hydrogen-bond acceptors (Lipinski definition) is 4. The van der Waals surface area contributed by atoms with Crippen LogP contribution >= 0.6 is 0 Å². The maximum atomic E-state index is 5.63. The SMILES string of the molecule is CC=C(c1ccc2c(c1)CCO2)c1c(CC)ncnc1N(C)C. The van der Waals surface area contributed by atoms with Crippen LogP contribution in [0.15, 0.2) is 30.6 Å². The van der Waals surface area contributed by atoms with E-state index in [0.29, 0.717) is 0 Å². The van der Waals surface area contributed by atoms with Gasteiger partial charge in [-0.15, -0.1) is 0 Å². The lowest BCUT2D eigenvalue weighted by Crippen LogP contribution is -2.15. The monoisotopic (exact) mass is 309 g/mol. The Morgan fingerprint density at radius 1 is 1.30 bits per heavy atom. The van der Waals surface area contributed by atoms with Crippen molar-refractivity contribution in [2.75, 3.05) is 25.6 Å². The zero-order valence-corrected chi connectivity index (χ0v) is 14.3. The molecule has 0 radical (unpaired) electrons. The Balaban J connectivity index is 2.15. The molecule has 1 aliphatic heterocycles. The van der Waals surface area contributed by atoms with Crippen LogP contribution in [0.4, 0.5) is 5.82 Å². The summed E-state index contributed by atoms with van der Waals surface area (Å²) in [7, 11) is 4.05. The van der Waals surface area contributed by atoms with Gasteiger partial charge in [-0.25, -0.2) is 9.97 Å². The van der Waals surface area contributed by atoms with Crippen LogP contribution in [0.25, 0.3) is 5.57 Å². The highest BCUT2D eigenvalue weighted by Crippen LogP contribution is 2.35. The Hall–Kier alpha value is -2.36. The van der Waals surface area contributed by atoms with E-state index in [4.69, 9.17) is 4.74 Å². The Labute approximate surface area is 137 Å². The van der Waals surface area contributed by atoms with Crippen molar-refractivity contribution >= 4 is 11.4 Å². The second kappa shape index (κ2) is 6.41. The summed E-state index contributed by atoms with van der Waals surface area (Å²) in [6, 6.07) is 6.45. The topological polar surface area (TPSA) is 38.3 Å². The van der Waals surface area contributed by atoms with Gasteiger partial charge in [-0.1, -0.05) is 19.1 Å². The molecule has 2 heterocycles. The van der Waals surface area contributed by atoms with Crippen molar-refractivity contribution in [3.8, 4) is 5.75 Å². The van der Waals surface area contributed by atoms with E-state index in [1.54, 1.807) is 6.33 Å². The molecular formula is C19H23N3O. The quantitative estimate of drug-likeness (QED) is 0.866. The lowest BCUT2D eigenvalue weighted by atomic mass is 9.94. The second-order valence-electron chi connectivity index (χ2n) is 5.89. The summed E-state index contributed by atoms with van der Waals surface area (Å²) >= 11 is 0. The van der Waals surface area contributed by atoms with Crippen LogP contribution in [0.5, 0.6) is 5.75 Å². The van der Waals surface area contributed by atoms with Gasteiger partial charge in [0.15, 0.2) is 0 Å². The van der Waals surface area contributed by atoms with Crippen molar-refractivity contribution in [3.05, 3.63) is 53.0 Å². The molecule has 0 saturated heterocycles. The largest absolute Gasteiger partial charge is 0.493 e. The summed E-state index contributed by atoms with van der Waals surface area (Å²) in [5.41, 5.74) is 5.86. The molecule has 2 aromatic rings. The third-order valence-corrected chi connectivity index (χ3v) is 4.22. The molecule has 0 bridgehead atoms. The summed E-state index contributed by atoms with van der Waals surface area (Å²) in [5, 5.41) is 0. The molecule has 0 unspecified atom stereocenters. The fourth-order valence-electron chi connectivity index (χ4n) is 3.10. The van der Waals surface area contributed by atoms with E-state index in [0.717, 1.165) is 42.3 Å². The normalized spacial score (nSPS) is 13.7. The van der Waals surface area contributed by atoms with E-state index in [9.17, 15) is 0 Å². The van der Waals surface area contributed by atoms with Crippen LogP contribution in [0.3, 0.4) is 0 Å². The number of ether oxygens (including phenoxy) is 1. The van der Waals surface area contributed by atoms with E-state index in [2.05, 4.69) is 53.0 Å². The van der Waals surface area contributed by atoms with Crippen molar-refractivity contribution in [1.29, 1.82) is 0 Å². The summed E-state index contributed by atoms with van der Waals surface area (Å²) in [6.45, 7) is 4.99. The molecule has 0 spiro atoms. The van der Waals surface area contributed by atoms with E-state index >= 15 is 0 Å². The number of allylic oxidation sites excluding steroid dienone is 1. The van der Waals surface area contributed by atoms with Gasteiger partial charge < -0.3 is 9.64 Å². The van der Waals surface area contributed by atoms with Gasteiger partial charge in [-0.3, -0.25) is 0 Å². The Kier molecular flexibility index (Phi) is 4.33. The zero-order valence-electron chi connectivity index (χ0n) is 14.3. The number of benzene rings is 1. The summed E-state index contributed by atoms with van der Waals surface area (Å²) < 4.78 is 5.63. The smallest absolute Gasteiger partial charge is 0.139 e. The molecule has 0 amide bonds. The van der Waals surface area contributed by atoms with E-state index < -0.39 is 0 Å². The number of rotatable bonds is 4. The summed E-state index contributed by atoms with van der Waals surface area (Å²) in [4.78, 5) is 11.1. The fraction of sp³-hybridized carbons (Fsp3) is 0.368. The molecule has 1 aliphatic rings. The first-order valence-corrected chi connectivity index (χ1v) is 8.09. The van der Waals surface area contributed by atoms with Gasteiger partial charge in [-0.2, -0.15) is 0 Å². The summed E-state index contributed by atoms with van der Waals surface area (Å²) in [6.07, 6.45) is 5.67. The highest BCUT2D eigenvalue weighted by Gasteiger charge is 2.19. The lowest BCUT2D eigenvalue weighted by Gasteiger charge is -2.20. The number of fused-ring (bicyclic) bond motifs is 1. The number of aryl methyl sites for hydroxylation is 1. The Bertz CT molecular complexity index is 750.